The molecule has 0 radical (unpaired) electrons. The first-order chi connectivity index (χ1) is 12.6. The van der Waals surface area contributed by atoms with Gasteiger partial charge in [-0.2, -0.15) is 4.98 Å². The first-order valence-corrected chi connectivity index (χ1v) is 8.31. The van der Waals surface area contributed by atoms with Crippen molar-refractivity contribution in [3.8, 4) is 17.3 Å². The molecule has 0 unspecified atom stereocenters. The summed E-state index contributed by atoms with van der Waals surface area (Å²) in [4.78, 5) is 24.8. The van der Waals surface area contributed by atoms with Crippen molar-refractivity contribution in [3.05, 3.63) is 71.7 Å². The number of hydrogen-bond donors (Lipinski definition) is 1. The maximum Gasteiger partial charge on any atom is 0.258 e. The van der Waals surface area contributed by atoms with Crippen molar-refractivity contribution < 1.29 is 9.53 Å². The van der Waals surface area contributed by atoms with E-state index in [2.05, 4.69) is 20.3 Å². The number of ether oxygens (including phenoxy) is 1. The van der Waals surface area contributed by atoms with Crippen molar-refractivity contribution in [2.24, 2.45) is 0 Å². The van der Waals surface area contributed by atoms with E-state index in [4.69, 9.17) is 4.74 Å². The van der Waals surface area contributed by atoms with Crippen molar-refractivity contribution in [2.75, 3.05) is 6.61 Å². The Morgan fingerprint density at radius 3 is 2.50 bits per heavy atom. The van der Waals surface area contributed by atoms with Crippen molar-refractivity contribution in [2.45, 2.75) is 20.4 Å². The Balaban J connectivity index is 1.58. The van der Waals surface area contributed by atoms with Crippen LogP contribution in [0.25, 0.3) is 11.4 Å². The molecule has 1 amide bonds. The van der Waals surface area contributed by atoms with Crippen molar-refractivity contribution in [3.63, 3.8) is 0 Å². The molecule has 2 heterocycles. The summed E-state index contributed by atoms with van der Waals surface area (Å²) in [7, 11) is 0. The summed E-state index contributed by atoms with van der Waals surface area (Å²) in [6.45, 7) is 4.25. The third-order valence-corrected chi connectivity index (χ3v) is 3.73. The largest absolute Gasteiger partial charge is 0.467 e. The smallest absolute Gasteiger partial charge is 0.258 e. The predicted molar refractivity (Wildman–Crippen MR) is 98.5 cm³/mol. The lowest BCUT2D eigenvalue weighted by Gasteiger charge is -2.09. The number of hydrogen-bond acceptors (Lipinski definition) is 5. The van der Waals surface area contributed by atoms with Crippen LogP contribution in [-0.4, -0.2) is 27.5 Å². The molecular weight excluding hydrogens is 328 g/mol. The summed E-state index contributed by atoms with van der Waals surface area (Å²) in [6, 6.07) is 13.4. The van der Waals surface area contributed by atoms with Crippen LogP contribution in [-0.2, 0) is 11.3 Å². The standard InChI is InChI=1S/C20H20N4O2/c1-14-3-5-16(6-4-14)12-22-18(25)13-26-19-11-15(2)23-20(24-19)17-7-9-21-10-8-17/h3-11H,12-13H2,1-2H3,(H,22,25). The van der Waals surface area contributed by atoms with Crippen LogP contribution >= 0.6 is 0 Å². The fourth-order valence-corrected chi connectivity index (χ4v) is 2.34. The SMILES string of the molecule is Cc1ccc(CNC(=O)COc2cc(C)nc(-c3ccncc3)n2)cc1. The molecular formula is C20H20N4O2. The minimum Gasteiger partial charge on any atom is -0.467 e. The predicted octanol–water partition coefficient (Wildman–Crippen LogP) is 2.85. The van der Waals surface area contributed by atoms with Crippen LogP contribution < -0.4 is 10.1 Å². The van der Waals surface area contributed by atoms with Crippen LogP contribution in [0.2, 0.25) is 0 Å². The fraction of sp³-hybridized carbons (Fsp3) is 0.200. The lowest BCUT2D eigenvalue weighted by atomic mass is 10.1. The highest BCUT2D eigenvalue weighted by Crippen LogP contribution is 2.18. The summed E-state index contributed by atoms with van der Waals surface area (Å²) >= 11 is 0. The van der Waals surface area contributed by atoms with Gasteiger partial charge < -0.3 is 10.1 Å². The molecule has 0 bridgehead atoms. The summed E-state index contributed by atoms with van der Waals surface area (Å²) < 4.78 is 5.54. The van der Waals surface area contributed by atoms with Crippen molar-refractivity contribution >= 4 is 5.91 Å². The van der Waals surface area contributed by atoms with Gasteiger partial charge in [0.1, 0.15) is 0 Å². The van der Waals surface area contributed by atoms with Crippen molar-refractivity contribution in [1.82, 2.24) is 20.3 Å². The Morgan fingerprint density at radius 1 is 1.04 bits per heavy atom. The van der Waals surface area contributed by atoms with E-state index in [1.165, 1.54) is 5.56 Å². The number of rotatable bonds is 6. The van der Waals surface area contributed by atoms with E-state index in [9.17, 15) is 4.79 Å². The van der Waals surface area contributed by atoms with Crippen LogP contribution in [0.4, 0.5) is 0 Å². The molecule has 3 aromatic rings. The number of nitrogens with one attached hydrogen (secondary N) is 1. The van der Waals surface area contributed by atoms with E-state index in [0.717, 1.165) is 16.8 Å². The number of aryl methyl sites for hydroxylation is 2. The molecule has 0 aliphatic carbocycles. The van der Waals surface area contributed by atoms with Gasteiger partial charge in [-0.25, -0.2) is 4.98 Å². The number of carbonyl (C=O) groups excluding carboxylic acids is 1. The minimum atomic E-state index is -0.202. The number of nitrogens with zero attached hydrogens (tertiary/aromatic N) is 3. The van der Waals surface area contributed by atoms with E-state index in [-0.39, 0.29) is 12.5 Å². The minimum absolute atomic E-state index is 0.0991. The summed E-state index contributed by atoms with van der Waals surface area (Å²) in [6.07, 6.45) is 3.36. The summed E-state index contributed by atoms with van der Waals surface area (Å²) in [5.74, 6) is 0.713. The molecule has 0 aliphatic heterocycles. The summed E-state index contributed by atoms with van der Waals surface area (Å²) in [5.41, 5.74) is 3.84. The number of amides is 1. The van der Waals surface area contributed by atoms with Gasteiger partial charge in [-0.3, -0.25) is 9.78 Å². The quantitative estimate of drug-likeness (QED) is 0.741. The van der Waals surface area contributed by atoms with E-state index >= 15 is 0 Å². The second-order valence-electron chi connectivity index (χ2n) is 5.96. The molecule has 0 saturated carbocycles. The Morgan fingerprint density at radius 2 is 1.77 bits per heavy atom. The first-order valence-electron chi connectivity index (χ1n) is 8.31. The Kier molecular flexibility index (Phi) is 5.53. The summed E-state index contributed by atoms with van der Waals surface area (Å²) in [5, 5.41) is 2.83. The second-order valence-corrected chi connectivity index (χ2v) is 5.96. The Labute approximate surface area is 152 Å². The number of aromatic nitrogens is 3. The lowest BCUT2D eigenvalue weighted by molar-refractivity contribution is -0.123. The highest BCUT2D eigenvalue weighted by atomic mass is 16.5. The van der Waals surface area contributed by atoms with Crippen LogP contribution in [0.3, 0.4) is 0 Å². The molecule has 0 fully saturated rings. The molecule has 6 nitrogen and oxygen atoms in total. The van der Waals surface area contributed by atoms with E-state index < -0.39 is 0 Å². The monoisotopic (exact) mass is 348 g/mol. The molecule has 0 saturated heterocycles. The lowest BCUT2D eigenvalue weighted by Crippen LogP contribution is -2.28. The number of benzene rings is 1. The van der Waals surface area contributed by atoms with Crippen LogP contribution in [0, 0.1) is 13.8 Å². The Hall–Kier alpha value is -3.28. The molecule has 3 rings (SSSR count). The van der Waals surface area contributed by atoms with Crippen LogP contribution in [0.1, 0.15) is 16.8 Å². The zero-order valence-electron chi connectivity index (χ0n) is 14.8. The molecule has 6 heteroatoms. The third-order valence-electron chi connectivity index (χ3n) is 3.73. The highest BCUT2D eigenvalue weighted by molar-refractivity contribution is 5.77. The van der Waals surface area contributed by atoms with Crippen LogP contribution in [0.5, 0.6) is 5.88 Å². The maximum absolute atomic E-state index is 12.0. The highest BCUT2D eigenvalue weighted by Gasteiger charge is 2.08. The van der Waals surface area contributed by atoms with E-state index in [0.29, 0.717) is 18.2 Å². The topological polar surface area (TPSA) is 77.0 Å². The third kappa shape index (κ3) is 4.86. The molecule has 0 aliphatic rings. The van der Waals surface area contributed by atoms with Crippen molar-refractivity contribution in [1.29, 1.82) is 0 Å². The zero-order valence-corrected chi connectivity index (χ0v) is 14.8. The van der Waals surface area contributed by atoms with Gasteiger partial charge in [-0.05, 0) is 31.5 Å². The normalized spacial score (nSPS) is 10.4. The molecule has 132 valence electrons. The average Bonchev–Trinajstić information content (AvgIpc) is 2.66. The zero-order chi connectivity index (χ0) is 18.4. The van der Waals surface area contributed by atoms with Gasteiger partial charge in [-0.1, -0.05) is 29.8 Å². The molecule has 1 aromatic carbocycles. The molecule has 1 N–H and O–H groups in total. The maximum atomic E-state index is 12.0. The number of pyridine rings is 1. The van der Waals surface area contributed by atoms with Gasteiger partial charge in [-0.15, -0.1) is 0 Å². The van der Waals surface area contributed by atoms with Gasteiger partial charge in [0.05, 0.1) is 0 Å². The van der Waals surface area contributed by atoms with Gasteiger partial charge in [0.2, 0.25) is 5.88 Å². The fourth-order valence-electron chi connectivity index (χ4n) is 2.34. The van der Waals surface area contributed by atoms with Gasteiger partial charge in [0.25, 0.3) is 5.91 Å². The second kappa shape index (κ2) is 8.20. The molecule has 0 atom stereocenters. The first kappa shape index (κ1) is 17.5. The van der Waals surface area contributed by atoms with Crippen LogP contribution in [0.15, 0.2) is 54.9 Å². The van der Waals surface area contributed by atoms with E-state index in [1.807, 2.05) is 50.2 Å². The van der Waals surface area contributed by atoms with Gasteiger partial charge >= 0.3 is 0 Å². The van der Waals surface area contributed by atoms with Gasteiger partial charge in [0.15, 0.2) is 12.4 Å². The molecule has 26 heavy (non-hydrogen) atoms. The number of carbonyl (C=O) groups is 1. The molecule has 0 spiro atoms. The van der Waals surface area contributed by atoms with E-state index in [1.54, 1.807) is 18.5 Å². The molecule has 2 aromatic heterocycles. The average molecular weight is 348 g/mol. The van der Waals surface area contributed by atoms with Gasteiger partial charge in [0, 0.05) is 36.3 Å². The Bertz CT molecular complexity index is 880.